The molecule has 0 amide bonds. The van der Waals surface area contributed by atoms with Gasteiger partial charge in [-0.05, 0) is 36.6 Å². The lowest BCUT2D eigenvalue weighted by atomic mass is 10.2. The number of halogens is 1. The van der Waals surface area contributed by atoms with Crippen molar-refractivity contribution >= 4 is 11.6 Å². The summed E-state index contributed by atoms with van der Waals surface area (Å²) < 4.78 is 11.5. The Hall–Kier alpha value is -1.55. The highest BCUT2D eigenvalue weighted by Crippen LogP contribution is 2.19. The molecule has 1 heterocycles. The first-order valence-electron chi connectivity index (χ1n) is 8.09. The molecular formula is C19H22ClNO2. The highest BCUT2D eigenvalue weighted by atomic mass is 35.5. The minimum absolute atomic E-state index is 0.370. The molecule has 2 aromatic carbocycles. The largest absolute Gasteiger partial charge is 0.489 e. The van der Waals surface area contributed by atoms with Crippen molar-refractivity contribution in [1.29, 1.82) is 0 Å². The molecule has 4 heteroatoms. The smallest absolute Gasteiger partial charge is 0.120 e. The highest BCUT2D eigenvalue weighted by molar-refractivity contribution is 6.31. The van der Waals surface area contributed by atoms with E-state index < -0.39 is 0 Å². The highest BCUT2D eigenvalue weighted by Gasteiger charge is 2.14. The molecule has 0 spiro atoms. The Morgan fingerprint density at radius 1 is 1.17 bits per heavy atom. The van der Waals surface area contributed by atoms with Crippen LogP contribution < -0.4 is 10.1 Å². The van der Waals surface area contributed by atoms with E-state index in [4.69, 9.17) is 21.1 Å². The molecule has 1 saturated heterocycles. The summed E-state index contributed by atoms with van der Waals surface area (Å²) in [6.45, 7) is 3.11. The van der Waals surface area contributed by atoms with Crippen LogP contribution in [0.3, 0.4) is 0 Å². The third-order valence-corrected chi connectivity index (χ3v) is 4.34. The van der Waals surface area contributed by atoms with Crippen molar-refractivity contribution in [2.45, 2.75) is 32.1 Å². The Morgan fingerprint density at radius 2 is 2.09 bits per heavy atom. The lowest BCUT2D eigenvalue weighted by Crippen LogP contribution is -2.25. The molecule has 2 aromatic rings. The van der Waals surface area contributed by atoms with Crippen molar-refractivity contribution in [1.82, 2.24) is 5.32 Å². The second-order valence-electron chi connectivity index (χ2n) is 5.79. The van der Waals surface area contributed by atoms with E-state index in [2.05, 4.69) is 17.4 Å². The lowest BCUT2D eigenvalue weighted by Gasteiger charge is -2.12. The molecule has 1 atom stereocenters. The van der Waals surface area contributed by atoms with E-state index in [1.807, 2.05) is 36.4 Å². The van der Waals surface area contributed by atoms with Gasteiger partial charge < -0.3 is 14.8 Å². The summed E-state index contributed by atoms with van der Waals surface area (Å²) >= 11 is 6.15. The monoisotopic (exact) mass is 331 g/mol. The normalized spacial score (nSPS) is 17.3. The molecule has 0 unspecified atom stereocenters. The van der Waals surface area contributed by atoms with Crippen LogP contribution in [0.2, 0.25) is 5.02 Å². The molecule has 1 fully saturated rings. The summed E-state index contributed by atoms with van der Waals surface area (Å²) in [6.07, 6.45) is 2.71. The zero-order chi connectivity index (χ0) is 15.9. The molecule has 1 aliphatic heterocycles. The fourth-order valence-corrected chi connectivity index (χ4v) is 2.89. The van der Waals surface area contributed by atoms with Gasteiger partial charge in [-0.1, -0.05) is 41.9 Å². The predicted molar refractivity (Wildman–Crippen MR) is 92.9 cm³/mol. The van der Waals surface area contributed by atoms with Crippen molar-refractivity contribution in [2.75, 3.05) is 13.2 Å². The zero-order valence-corrected chi connectivity index (χ0v) is 13.9. The number of rotatable bonds is 7. The van der Waals surface area contributed by atoms with E-state index in [0.717, 1.165) is 42.5 Å². The molecule has 122 valence electrons. The first-order chi connectivity index (χ1) is 11.3. The molecule has 3 rings (SSSR count). The van der Waals surface area contributed by atoms with Crippen LogP contribution in [0.25, 0.3) is 0 Å². The number of nitrogens with one attached hydrogen (secondary N) is 1. The Labute approximate surface area is 142 Å². The van der Waals surface area contributed by atoms with Gasteiger partial charge in [-0.25, -0.2) is 0 Å². The fourth-order valence-electron chi connectivity index (χ4n) is 2.70. The van der Waals surface area contributed by atoms with E-state index in [0.29, 0.717) is 12.7 Å². The number of hydrogen-bond acceptors (Lipinski definition) is 3. The van der Waals surface area contributed by atoms with Gasteiger partial charge in [0.25, 0.3) is 0 Å². The van der Waals surface area contributed by atoms with Crippen LogP contribution in [0.5, 0.6) is 5.75 Å². The maximum Gasteiger partial charge on any atom is 0.120 e. The van der Waals surface area contributed by atoms with Crippen molar-refractivity contribution < 1.29 is 9.47 Å². The predicted octanol–water partition coefficient (Wildman–Crippen LogP) is 4.19. The molecule has 0 aliphatic carbocycles. The molecule has 1 aliphatic rings. The number of ether oxygens (including phenoxy) is 2. The van der Waals surface area contributed by atoms with Crippen LogP contribution in [-0.2, 0) is 17.9 Å². The Balaban J connectivity index is 1.49. The summed E-state index contributed by atoms with van der Waals surface area (Å²) in [6, 6.07) is 15.9. The average Bonchev–Trinajstić information content (AvgIpc) is 3.08. The van der Waals surface area contributed by atoms with Crippen molar-refractivity contribution in [3.8, 4) is 5.75 Å². The first-order valence-corrected chi connectivity index (χ1v) is 8.46. The molecule has 1 N–H and O–H groups in total. The molecule has 0 aromatic heterocycles. The van der Waals surface area contributed by atoms with Crippen LogP contribution in [0, 0.1) is 0 Å². The fraction of sp³-hybridized carbons (Fsp3) is 0.368. The van der Waals surface area contributed by atoms with Crippen LogP contribution in [0.4, 0.5) is 0 Å². The van der Waals surface area contributed by atoms with Gasteiger partial charge in [-0.15, -0.1) is 0 Å². The zero-order valence-electron chi connectivity index (χ0n) is 13.1. The Morgan fingerprint density at radius 3 is 2.91 bits per heavy atom. The maximum absolute atomic E-state index is 6.15. The topological polar surface area (TPSA) is 30.5 Å². The summed E-state index contributed by atoms with van der Waals surface area (Å²) in [7, 11) is 0. The van der Waals surface area contributed by atoms with Gasteiger partial charge in [0.2, 0.25) is 0 Å². The standard InChI is InChI=1S/C19H22ClNO2/c20-19-9-2-1-6-16(19)14-23-17-7-3-5-15(11-17)12-21-13-18-8-4-10-22-18/h1-3,5-7,9,11,18,21H,4,8,10,12-14H2/t18-/m1/s1. The van der Waals surface area contributed by atoms with Crippen LogP contribution in [-0.4, -0.2) is 19.3 Å². The summed E-state index contributed by atoms with van der Waals surface area (Å²) in [5.41, 5.74) is 2.20. The quantitative estimate of drug-likeness (QED) is 0.825. The summed E-state index contributed by atoms with van der Waals surface area (Å²) in [5, 5.41) is 4.19. The van der Waals surface area contributed by atoms with Crippen molar-refractivity contribution in [2.24, 2.45) is 0 Å². The Bertz CT molecular complexity index is 626. The van der Waals surface area contributed by atoms with Crippen LogP contribution in [0.1, 0.15) is 24.0 Å². The van der Waals surface area contributed by atoms with Crippen LogP contribution in [0.15, 0.2) is 48.5 Å². The molecule has 0 radical (unpaired) electrons. The van der Waals surface area contributed by atoms with Gasteiger partial charge in [0.15, 0.2) is 0 Å². The minimum atomic E-state index is 0.370. The second kappa shape index (κ2) is 8.34. The second-order valence-corrected chi connectivity index (χ2v) is 6.20. The van der Waals surface area contributed by atoms with E-state index in [1.54, 1.807) is 0 Å². The number of hydrogen-bond donors (Lipinski definition) is 1. The molecule has 23 heavy (non-hydrogen) atoms. The van der Waals surface area contributed by atoms with Gasteiger partial charge in [0.1, 0.15) is 12.4 Å². The van der Waals surface area contributed by atoms with Gasteiger partial charge >= 0.3 is 0 Å². The summed E-state index contributed by atoms with van der Waals surface area (Å²) in [4.78, 5) is 0. The van der Waals surface area contributed by atoms with E-state index in [-0.39, 0.29) is 0 Å². The van der Waals surface area contributed by atoms with Gasteiger partial charge in [-0.3, -0.25) is 0 Å². The minimum Gasteiger partial charge on any atom is -0.489 e. The maximum atomic E-state index is 6.15. The SMILES string of the molecule is Clc1ccccc1COc1cccc(CNC[C@H]2CCCO2)c1. The van der Waals surface area contributed by atoms with E-state index in [9.17, 15) is 0 Å². The van der Waals surface area contributed by atoms with E-state index in [1.165, 1.54) is 12.0 Å². The Kier molecular flexibility index (Phi) is 5.92. The first kappa shape index (κ1) is 16.3. The number of benzene rings is 2. The molecule has 0 bridgehead atoms. The molecular weight excluding hydrogens is 310 g/mol. The van der Waals surface area contributed by atoms with Gasteiger partial charge in [0.05, 0.1) is 6.10 Å². The van der Waals surface area contributed by atoms with Crippen molar-refractivity contribution in [3.63, 3.8) is 0 Å². The summed E-state index contributed by atoms with van der Waals surface area (Å²) in [5.74, 6) is 0.862. The molecule has 0 saturated carbocycles. The van der Waals surface area contributed by atoms with Crippen LogP contribution >= 0.6 is 11.6 Å². The van der Waals surface area contributed by atoms with Crippen molar-refractivity contribution in [3.05, 3.63) is 64.7 Å². The van der Waals surface area contributed by atoms with Gasteiger partial charge in [-0.2, -0.15) is 0 Å². The average molecular weight is 332 g/mol. The lowest BCUT2D eigenvalue weighted by molar-refractivity contribution is 0.110. The third-order valence-electron chi connectivity index (χ3n) is 3.98. The molecule has 3 nitrogen and oxygen atoms in total. The third kappa shape index (κ3) is 4.96. The van der Waals surface area contributed by atoms with Gasteiger partial charge in [0, 0.05) is 30.3 Å². The van der Waals surface area contributed by atoms with E-state index >= 15 is 0 Å².